The molecule has 0 spiro atoms. The largest absolute Gasteiger partial charge is 0.497 e. The monoisotopic (exact) mass is 556 g/mol. The number of rotatable bonds is 7. The number of benzene rings is 3. The molecule has 1 aromatic heterocycles. The van der Waals surface area contributed by atoms with E-state index >= 15 is 0 Å². The highest BCUT2D eigenvalue weighted by atomic mass is 16.5. The molecule has 42 heavy (non-hydrogen) atoms. The topological polar surface area (TPSA) is 88.2 Å². The Morgan fingerprint density at radius 2 is 1.60 bits per heavy atom. The fourth-order valence-electron chi connectivity index (χ4n) is 5.48. The average molecular weight is 557 g/mol. The third kappa shape index (κ3) is 5.39. The summed E-state index contributed by atoms with van der Waals surface area (Å²) < 4.78 is 7.02. The van der Waals surface area contributed by atoms with Gasteiger partial charge < -0.3 is 4.74 Å². The van der Waals surface area contributed by atoms with Crippen LogP contribution in [0.5, 0.6) is 5.75 Å². The molecular formula is C35H32N4O3. The average Bonchev–Trinajstić information content (AvgIpc) is 3.39. The molecule has 0 N–H and O–H groups in total. The maximum atomic E-state index is 13.9. The van der Waals surface area contributed by atoms with E-state index in [0.29, 0.717) is 17.6 Å². The number of methoxy groups -OCH3 is 1. The van der Waals surface area contributed by atoms with Crippen LogP contribution >= 0.6 is 0 Å². The first-order valence-electron chi connectivity index (χ1n) is 13.8. The minimum Gasteiger partial charge on any atom is -0.497 e. The minimum absolute atomic E-state index is 0.0321. The van der Waals surface area contributed by atoms with E-state index in [1.165, 1.54) is 4.90 Å². The summed E-state index contributed by atoms with van der Waals surface area (Å²) in [6, 6.07) is 23.5. The third-order valence-corrected chi connectivity index (χ3v) is 7.59. The molecule has 0 bridgehead atoms. The van der Waals surface area contributed by atoms with Gasteiger partial charge in [-0.1, -0.05) is 48.0 Å². The van der Waals surface area contributed by atoms with Crippen molar-refractivity contribution in [1.29, 1.82) is 5.26 Å². The zero-order valence-corrected chi connectivity index (χ0v) is 24.4. The Kier molecular flexibility index (Phi) is 7.90. The second kappa shape index (κ2) is 11.7. The number of aryl methyl sites for hydroxylation is 3. The van der Waals surface area contributed by atoms with Crippen LogP contribution in [0.2, 0.25) is 0 Å². The molecule has 7 heteroatoms. The minimum atomic E-state index is -0.573. The number of imide groups is 1. The molecule has 2 amide bonds. The van der Waals surface area contributed by atoms with Crippen molar-refractivity contribution in [2.75, 3.05) is 13.7 Å². The first kappa shape index (κ1) is 28.3. The second-order valence-electron chi connectivity index (χ2n) is 10.5. The number of carbonyl (C=O) groups is 2. The van der Waals surface area contributed by atoms with Crippen LogP contribution in [-0.4, -0.2) is 40.1 Å². The molecule has 0 saturated heterocycles. The molecule has 0 fully saturated rings. The van der Waals surface area contributed by atoms with Gasteiger partial charge in [0.15, 0.2) is 0 Å². The van der Waals surface area contributed by atoms with Crippen LogP contribution < -0.4 is 4.74 Å². The summed E-state index contributed by atoms with van der Waals surface area (Å²) in [7, 11) is 1.60. The lowest BCUT2D eigenvalue weighted by atomic mass is 9.91. The van der Waals surface area contributed by atoms with Gasteiger partial charge in [0.1, 0.15) is 23.1 Å². The number of aromatic nitrogens is 2. The van der Waals surface area contributed by atoms with Gasteiger partial charge in [-0.25, -0.2) is 4.68 Å². The van der Waals surface area contributed by atoms with Crippen molar-refractivity contribution in [2.24, 2.45) is 0 Å². The van der Waals surface area contributed by atoms with Gasteiger partial charge in [-0.05, 0) is 86.7 Å². The Morgan fingerprint density at radius 1 is 0.929 bits per heavy atom. The summed E-state index contributed by atoms with van der Waals surface area (Å²) in [6.45, 7) is 7.97. The van der Waals surface area contributed by atoms with Gasteiger partial charge in [0.2, 0.25) is 0 Å². The van der Waals surface area contributed by atoms with E-state index in [1.54, 1.807) is 24.8 Å². The highest BCUT2D eigenvalue weighted by molar-refractivity contribution is 6.19. The smallest absolute Gasteiger partial charge is 0.271 e. The molecule has 1 aliphatic heterocycles. The van der Waals surface area contributed by atoms with Gasteiger partial charge in [-0.2, -0.15) is 10.4 Å². The van der Waals surface area contributed by atoms with Crippen molar-refractivity contribution in [3.8, 4) is 28.8 Å². The van der Waals surface area contributed by atoms with Gasteiger partial charge in [0.05, 0.1) is 12.8 Å². The number of ether oxygens (including phenoxy) is 1. The van der Waals surface area contributed by atoms with E-state index in [2.05, 4.69) is 32.9 Å². The molecular weight excluding hydrogens is 524 g/mol. The van der Waals surface area contributed by atoms with Crippen molar-refractivity contribution in [2.45, 2.75) is 34.1 Å². The van der Waals surface area contributed by atoms with Gasteiger partial charge in [0.25, 0.3) is 11.8 Å². The number of nitrogens with zero attached hydrogens (tertiary/aromatic N) is 4. The molecule has 4 aromatic rings. The van der Waals surface area contributed by atoms with E-state index < -0.39 is 11.8 Å². The lowest BCUT2D eigenvalue weighted by Crippen LogP contribution is -2.43. The van der Waals surface area contributed by atoms with Gasteiger partial charge in [-0.3, -0.25) is 14.5 Å². The van der Waals surface area contributed by atoms with Crippen molar-refractivity contribution in [3.05, 3.63) is 117 Å². The second-order valence-corrected chi connectivity index (χ2v) is 10.5. The van der Waals surface area contributed by atoms with Crippen LogP contribution in [-0.2, 0) is 16.0 Å². The summed E-state index contributed by atoms with van der Waals surface area (Å²) in [5, 5.41) is 14.9. The summed E-state index contributed by atoms with van der Waals surface area (Å²) in [5.74, 6) is -0.276. The van der Waals surface area contributed by atoms with Crippen LogP contribution in [0.15, 0.2) is 89.6 Å². The molecule has 7 nitrogen and oxygen atoms in total. The number of amides is 2. The SMILES string of the molecule is COc1ccc(CCN2C(=O)C(C#N)=C(C)/C(=C\c3cn(-c4ccccc4)nc3-c3c(C)cc(C)cc3C)C2=O)cc1. The highest BCUT2D eigenvalue weighted by Crippen LogP contribution is 2.34. The lowest BCUT2D eigenvalue weighted by Gasteiger charge is -2.27. The van der Waals surface area contributed by atoms with Crippen LogP contribution in [0.1, 0.15) is 34.7 Å². The molecule has 1 aliphatic rings. The first-order chi connectivity index (χ1) is 20.2. The van der Waals surface area contributed by atoms with Gasteiger partial charge in [-0.15, -0.1) is 0 Å². The Balaban J connectivity index is 1.61. The van der Waals surface area contributed by atoms with E-state index in [1.807, 2.05) is 66.9 Å². The van der Waals surface area contributed by atoms with E-state index in [-0.39, 0.29) is 12.1 Å². The normalized spacial score (nSPS) is 14.5. The van der Waals surface area contributed by atoms with Crippen molar-refractivity contribution in [1.82, 2.24) is 14.7 Å². The van der Waals surface area contributed by atoms with Crippen LogP contribution in [0.3, 0.4) is 0 Å². The predicted molar refractivity (Wildman–Crippen MR) is 163 cm³/mol. The maximum Gasteiger partial charge on any atom is 0.271 e. The summed E-state index contributed by atoms with van der Waals surface area (Å²) in [6.07, 6.45) is 4.11. The van der Waals surface area contributed by atoms with E-state index in [4.69, 9.17) is 9.84 Å². The molecule has 0 radical (unpaired) electrons. The number of hydrogen-bond donors (Lipinski definition) is 0. The summed E-state index contributed by atoms with van der Waals surface area (Å²) in [5.41, 5.74) is 8.19. The van der Waals surface area contributed by atoms with Crippen molar-refractivity contribution >= 4 is 17.9 Å². The number of hydrogen-bond acceptors (Lipinski definition) is 5. The fourth-order valence-corrected chi connectivity index (χ4v) is 5.48. The first-order valence-corrected chi connectivity index (χ1v) is 13.8. The highest BCUT2D eigenvalue weighted by Gasteiger charge is 2.35. The summed E-state index contributed by atoms with van der Waals surface area (Å²) in [4.78, 5) is 28.3. The number of para-hydroxylation sites is 1. The van der Waals surface area contributed by atoms with Crippen LogP contribution in [0.4, 0.5) is 0 Å². The maximum absolute atomic E-state index is 13.9. The molecule has 0 atom stereocenters. The quantitative estimate of drug-likeness (QED) is 0.197. The Morgan fingerprint density at radius 3 is 2.21 bits per heavy atom. The zero-order chi connectivity index (χ0) is 30.0. The van der Waals surface area contributed by atoms with Gasteiger partial charge in [0, 0.05) is 29.4 Å². The molecule has 0 aliphatic carbocycles. The Bertz CT molecular complexity index is 1770. The van der Waals surface area contributed by atoms with Gasteiger partial charge >= 0.3 is 0 Å². The molecule has 0 saturated carbocycles. The zero-order valence-electron chi connectivity index (χ0n) is 24.4. The molecule has 2 heterocycles. The molecule has 3 aromatic carbocycles. The van der Waals surface area contributed by atoms with Crippen molar-refractivity contribution < 1.29 is 14.3 Å². The molecule has 210 valence electrons. The molecule has 5 rings (SSSR count). The Labute approximate surface area is 246 Å². The predicted octanol–water partition coefficient (Wildman–Crippen LogP) is 6.31. The number of nitriles is 1. The molecule has 0 unspecified atom stereocenters. The third-order valence-electron chi connectivity index (χ3n) is 7.59. The van der Waals surface area contributed by atoms with Crippen LogP contribution in [0.25, 0.3) is 23.0 Å². The fraction of sp³-hybridized carbons (Fsp3) is 0.200. The van der Waals surface area contributed by atoms with E-state index in [0.717, 1.165) is 50.5 Å². The standard InChI is InChI=1S/C35H32N4O3/c1-22-17-23(2)32(24(3)18-22)33-27(21-39(37-33)28-9-7-6-8-10-28)19-30-25(4)31(20-36)35(41)38(34(30)40)16-15-26-11-13-29(42-5)14-12-26/h6-14,17-19,21H,15-16H2,1-5H3/b30-19+. The number of carbonyl (C=O) groups excluding carboxylic acids is 2. The van der Waals surface area contributed by atoms with Crippen molar-refractivity contribution in [3.63, 3.8) is 0 Å². The van der Waals surface area contributed by atoms with E-state index in [9.17, 15) is 14.9 Å². The Hall–Kier alpha value is -5.22. The lowest BCUT2D eigenvalue weighted by molar-refractivity contribution is -0.140. The summed E-state index contributed by atoms with van der Waals surface area (Å²) >= 11 is 0. The van der Waals surface area contributed by atoms with Crippen LogP contribution in [0, 0.1) is 32.1 Å².